The van der Waals surface area contributed by atoms with Crippen LogP contribution in [0.2, 0.25) is 0 Å². The molecule has 1 N–H and O–H groups in total. The predicted molar refractivity (Wildman–Crippen MR) is 65.8 cm³/mol. The number of rotatable bonds is 5. The highest BCUT2D eigenvalue weighted by Crippen LogP contribution is 2.32. The fourth-order valence-electron chi connectivity index (χ4n) is 2.77. The summed E-state index contributed by atoms with van der Waals surface area (Å²) in [7, 11) is 2.13. The Balaban J connectivity index is 2.52. The predicted octanol–water partition coefficient (Wildman–Crippen LogP) is 1.72. The SMILES string of the molecule is C#CCN(C)CC1(CCC)CCCNC1. The molecule has 0 aliphatic carbocycles. The van der Waals surface area contributed by atoms with Crippen molar-refractivity contribution in [1.29, 1.82) is 0 Å². The van der Waals surface area contributed by atoms with Crippen molar-refractivity contribution in [2.45, 2.75) is 32.6 Å². The first-order valence-corrected chi connectivity index (χ1v) is 6.05. The lowest BCUT2D eigenvalue weighted by Crippen LogP contribution is -2.46. The molecule has 0 aromatic heterocycles. The van der Waals surface area contributed by atoms with E-state index in [1.165, 1.54) is 32.2 Å². The van der Waals surface area contributed by atoms with E-state index < -0.39 is 0 Å². The average Bonchev–Trinajstić information content (AvgIpc) is 2.19. The topological polar surface area (TPSA) is 15.3 Å². The first-order valence-electron chi connectivity index (χ1n) is 6.05. The van der Waals surface area contributed by atoms with Crippen molar-refractivity contribution < 1.29 is 0 Å². The second-order valence-corrected chi connectivity index (χ2v) is 4.91. The van der Waals surface area contributed by atoms with E-state index in [1.807, 2.05) is 0 Å². The lowest BCUT2D eigenvalue weighted by Gasteiger charge is -2.40. The Bertz CT molecular complexity index is 206. The minimum atomic E-state index is 0.471. The molecular formula is C13H24N2. The van der Waals surface area contributed by atoms with Crippen LogP contribution in [0, 0.1) is 17.8 Å². The van der Waals surface area contributed by atoms with Crippen LogP contribution in [0.15, 0.2) is 0 Å². The second-order valence-electron chi connectivity index (χ2n) is 4.91. The number of hydrogen-bond donors (Lipinski definition) is 1. The molecule has 0 bridgehead atoms. The molecule has 2 heteroatoms. The first kappa shape index (κ1) is 12.5. The van der Waals surface area contributed by atoms with Crippen LogP contribution in [0.25, 0.3) is 0 Å². The molecule has 0 radical (unpaired) electrons. The van der Waals surface area contributed by atoms with E-state index in [4.69, 9.17) is 6.42 Å². The van der Waals surface area contributed by atoms with Crippen molar-refractivity contribution in [3.05, 3.63) is 0 Å². The van der Waals surface area contributed by atoms with Crippen molar-refractivity contribution in [3.63, 3.8) is 0 Å². The molecule has 1 saturated heterocycles. The quantitative estimate of drug-likeness (QED) is 0.692. The largest absolute Gasteiger partial charge is 0.316 e. The Kier molecular flexibility index (Phi) is 5.14. The summed E-state index contributed by atoms with van der Waals surface area (Å²) in [6, 6.07) is 0. The monoisotopic (exact) mass is 208 g/mol. The lowest BCUT2D eigenvalue weighted by atomic mass is 9.76. The summed E-state index contributed by atoms with van der Waals surface area (Å²) in [5.41, 5.74) is 0.471. The molecule has 1 aliphatic rings. The minimum Gasteiger partial charge on any atom is -0.316 e. The highest BCUT2D eigenvalue weighted by molar-refractivity contribution is 4.92. The first-order chi connectivity index (χ1) is 7.22. The standard InChI is InChI=1S/C13H24N2/c1-4-7-13(8-6-9-14-11-13)12-15(3)10-5-2/h2,14H,4,6-12H2,1,3H3. The van der Waals surface area contributed by atoms with E-state index in [9.17, 15) is 0 Å². The number of piperidine rings is 1. The highest BCUT2D eigenvalue weighted by Gasteiger charge is 2.31. The Labute approximate surface area is 94.4 Å². The van der Waals surface area contributed by atoms with E-state index in [1.54, 1.807) is 0 Å². The fraction of sp³-hybridized carbons (Fsp3) is 0.846. The molecule has 0 spiro atoms. The Morgan fingerprint density at radius 2 is 2.33 bits per heavy atom. The van der Waals surface area contributed by atoms with E-state index >= 15 is 0 Å². The molecule has 0 amide bonds. The van der Waals surface area contributed by atoms with Gasteiger partial charge in [0.15, 0.2) is 0 Å². The molecule has 2 nitrogen and oxygen atoms in total. The second kappa shape index (κ2) is 6.15. The maximum Gasteiger partial charge on any atom is 0.0596 e. The number of nitrogens with zero attached hydrogens (tertiary/aromatic N) is 1. The van der Waals surface area contributed by atoms with Crippen LogP contribution in [0.5, 0.6) is 0 Å². The fourth-order valence-corrected chi connectivity index (χ4v) is 2.77. The molecule has 1 heterocycles. The third-order valence-corrected chi connectivity index (χ3v) is 3.31. The Morgan fingerprint density at radius 1 is 1.53 bits per heavy atom. The van der Waals surface area contributed by atoms with Crippen molar-refractivity contribution in [2.24, 2.45) is 5.41 Å². The van der Waals surface area contributed by atoms with Crippen molar-refractivity contribution >= 4 is 0 Å². The van der Waals surface area contributed by atoms with E-state index in [2.05, 4.69) is 30.1 Å². The average molecular weight is 208 g/mol. The van der Waals surface area contributed by atoms with Gasteiger partial charge in [-0.15, -0.1) is 6.42 Å². The van der Waals surface area contributed by atoms with Gasteiger partial charge in [-0.2, -0.15) is 0 Å². The summed E-state index contributed by atoms with van der Waals surface area (Å²) in [6.45, 7) is 6.53. The molecule has 15 heavy (non-hydrogen) atoms. The van der Waals surface area contributed by atoms with Gasteiger partial charge < -0.3 is 5.32 Å². The van der Waals surface area contributed by atoms with Gasteiger partial charge in [-0.25, -0.2) is 0 Å². The molecule has 0 aromatic rings. The molecule has 1 fully saturated rings. The molecule has 1 aliphatic heterocycles. The summed E-state index contributed by atoms with van der Waals surface area (Å²) in [4.78, 5) is 2.28. The Hall–Kier alpha value is -0.520. The van der Waals surface area contributed by atoms with Gasteiger partial charge in [0.05, 0.1) is 6.54 Å². The van der Waals surface area contributed by atoms with Crippen LogP contribution in [-0.4, -0.2) is 38.1 Å². The minimum absolute atomic E-state index is 0.471. The molecule has 0 saturated carbocycles. The molecule has 1 atom stereocenters. The molecule has 0 aromatic carbocycles. The number of terminal acetylenes is 1. The summed E-state index contributed by atoms with van der Waals surface area (Å²) in [5, 5.41) is 3.53. The van der Waals surface area contributed by atoms with Crippen molar-refractivity contribution in [3.8, 4) is 12.3 Å². The highest BCUT2D eigenvalue weighted by atomic mass is 15.1. The molecule has 1 rings (SSSR count). The van der Waals surface area contributed by atoms with E-state index in [0.29, 0.717) is 5.41 Å². The van der Waals surface area contributed by atoms with Crippen LogP contribution >= 0.6 is 0 Å². The van der Waals surface area contributed by atoms with Gasteiger partial charge in [0.2, 0.25) is 0 Å². The van der Waals surface area contributed by atoms with Gasteiger partial charge in [-0.05, 0) is 38.3 Å². The van der Waals surface area contributed by atoms with Crippen molar-refractivity contribution in [2.75, 3.05) is 33.2 Å². The maximum absolute atomic E-state index is 5.34. The van der Waals surface area contributed by atoms with Gasteiger partial charge in [-0.1, -0.05) is 19.3 Å². The number of hydrogen-bond acceptors (Lipinski definition) is 2. The third kappa shape index (κ3) is 3.85. The van der Waals surface area contributed by atoms with E-state index in [-0.39, 0.29) is 0 Å². The molecular weight excluding hydrogens is 184 g/mol. The van der Waals surface area contributed by atoms with Crippen LogP contribution in [-0.2, 0) is 0 Å². The zero-order valence-corrected chi connectivity index (χ0v) is 10.2. The van der Waals surface area contributed by atoms with Gasteiger partial charge in [0.25, 0.3) is 0 Å². The normalized spacial score (nSPS) is 26.5. The van der Waals surface area contributed by atoms with Gasteiger partial charge in [-0.3, -0.25) is 4.90 Å². The number of nitrogens with one attached hydrogen (secondary N) is 1. The van der Waals surface area contributed by atoms with Crippen molar-refractivity contribution in [1.82, 2.24) is 10.2 Å². The van der Waals surface area contributed by atoms with Gasteiger partial charge >= 0.3 is 0 Å². The summed E-state index contributed by atoms with van der Waals surface area (Å²) in [6.07, 6.45) is 10.6. The zero-order chi connectivity index (χ0) is 11.1. The summed E-state index contributed by atoms with van der Waals surface area (Å²) in [5.74, 6) is 2.72. The van der Waals surface area contributed by atoms with Crippen LogP contribution in [0.3, 0.4) is 0 Å². The van der Waals surface area contributed by atoms with Crippen LogP contribution < -0.4 is 5.32 Å². The maximum atomic E-state index is 5.34. The zero-order valence-electron chi connectivity index (χ0n) is 10.2. The van der Waals surface area contributed by atoms with Crippen LogP contribution in [0.1, 0.15) is 32.6 Å². The smallest absolute Gasteiger partial charge is 0.0596 e. The lowest BCUT2D eigenvalue weighted by molar-refractivity contribution is 0.129. The van der Waals surface area contributed by atoms with Crippen LogP contribution in [0.4, 0.5) is 0 Å². The Morgan fingerprint density at radius 3 is 2.87 bits per heavy atom. The third-order valence-electron chi connectivity index (χ3n) is 3.31. The van der Waals surface area contributed by atoms with Gasteiger partial charge in [0, 0.05) is 13.1 Å². The summed E-state index contributed by atoms with van der Waals surface area (Å²) >= 11 is 0. The molecule has 1 unspecified atom stereocenters. The molecule has 86 valence electrons. The van der Waals surface area contributed by atoms with E-state index in [0.717, 1.165) is 19.6 Å². The van der Waals surface area contributed by atoms with Gasteiger partial charge in [0.1, 0.15) is 0 Å². The summed E-state index contributed by atoms with van der Waals surface area (Å²) < 4.78 is 0.